The molecule has 1 aromatic heterocycles. The van der Waals surface area contributed by atoms with Crippen LogP contribution in [0.3, 0.4) is 0 Å². The van der Waals surface area contributed by atoms with Crippen molar-refractivity contribution in [3.05, 3.63) is 108 Å². The van der Waals surface area contributed by atoms with E-state index in [1.165, 1.54) is 0 Å². The van der Waals surface area contributed by atoms with Gasteiger partial charge in [0.15, 0.2) is 0 Å². The number of hydrogen-bond donors (Lipinski definition) is 2. The Kier molecular flexibility index (Phi) is 6.22. The molecular weight excluding hydrogens is 440 g/mol. The number of rotatable bonds is 7. The van der Waals surface area contributed by atoms with Gasteiger partial charge in [0.25, 0.3) is 5.91 Å². The average molecular weight is 467 g/mol. The second kappa shape index (κ2) is 9.77. The van der Waals surface area contributed by atoms with Gasteiger partial charge in [-0.1, -0.05) is 30.3 Å². The number of allylic oxidation sites excluding steroid dienone is 1. The maximum atomic E-state index is 13.3. The van der Waals surface area contributed by atoms with Gasteiger partial charge in [0.05, 0.1) is 26.0 Å². The molecule has 2 N–H and O–H groups in total. The highest BCUT2D eigenvalue weighted by Gasteiger charge is 2.27. The van der Waals surface area contributed by atoms with Crippen LogP contribution in [-0.4, -0.2) is 29.4 Å². The summed E-state index contributed by atoms with van der Waals surface area (Å²) in [5.41, 5.74) is 4.09. The number of amides is 1. The van der Waals surface area contributed by atoms with Crippen molar-refractivity contribution in [2.75, 3.05) is 24.4 Å². The quantitative estimate of drug-likeness (QED) is 0.371. The molecular formula is C28H26N4O3. The lowest BCUT2D eigenvalue weighted by molar-refractivity contribution is 0.102. The highest BCUT2D eigenvalue weighted by atomic mass is 16.5. The van der Waals surface area contributed by atoms with Gasteiger partial charge in [0.2, 0.25) is 0 Å². The van der Waals surface area contributed by atoms with Crippen LogP contribution in [0.2, 0.25) is 0 Å². The van der Waals surface area contributed by atoms with Crippen LogP contribution in [-0.2, 0) is 0 Å². The van der Waals surface area contributed by atoms with Crippen LogP contribution in [0.1, 0.15) is 34.5 Å². The zero-order valence-corrected chi connectivity index (χ0v) is 19.6. The summed E-state index contributed by atoms with van der Waals surface area (Å²) in [5, 5.41) is 11.0. The van der Waals surface area contributed by atoms with E-state index in [0.29, 0.717) is 23.7 Å². The molecule has 3 aromatic carbocycles. The molecule has 4 aromatic rings. The van der Waals surface area contributed by atoms with E-state index in [2.05, 4.69) is 33.9 Å². The molecule has 7 heteroatoms. The number of aromatic nitrogens is 2. The summed E-state index contributed by atoms with van der Waals surface area (Å²) in [7, 11) is 1.65. The van der Waals surface area contributed by atoms with Crippen LogP contribution in [0.25, 0.3) is 5.70 Å². The number of hydrogen-bond acceptors (Lipinski definition) is 5. The fourth-order valence-corrected chi connectivity index (χ4v) is 4.09. The second-order valence-corrected chi connectivity index (χ2v) is 8.05. The van der Waals surface area contributed by atoms with Gasteiger partial charge in [-0.25, -0.2) is 4.68 Å². The van der Waals surface area contributed by atoms with Crippen molar-refractivity contribution < 1.29 is 14.3 Å². The fraction of sp³-hybridized carbons (Fsp3) is 0.143. The minimum atomic E-state index is -0.245. The molecule has 0 aliphatic carbocycles. The number of ether oxygens (including phenoxy) is 2. The number of nitrogens with one attached hydrogen (secondary N) is 2. The first-order chi connectivity index (χ1) is 17.2. The molecule has 1 aliphatic heterocycles. The number of fused-ring (bicyclic) bond motifs is 1. The molecule has 0 saturated carbocycles. The fourth-order valence-electron chi connectivity index (χ4n) is 4.09. The van der Waals surface area contributed by atoms with E-state index in [4.69, 9.17) is 9.47 Å². The molecule has 1 aliphatic rings. The lowest BCUT2D eigenvalue weighted by Crippen LogP contribution is -2.22. The standard InChI is InChI=1S/C28H26N4O3/c1-3-35-23-15-11-21(12-16-23)30-28(33)24-18-29-32-26(20-7-5-4-6-8-20)17-25(31-27(24)32)19-9-13-22(34-2)14-10-19/h4-18,26,31H,3H2,1-2H3,(H,30,33)/t26-/m0/s1. The third kappa shape index (κ3) is 4.61. The van der Waals surface area contributed by atoms with Gasteiger partial charge >= 0.3 is 0 Å². The number of anilines is 2. The van der Waals surface area contributed by atoms with Gasteiger partial charge in [-0.15, -0.1) is 0 Å². The Morgan fingerprint density at radius 3 is 2.40 bits per heavy atom. The lowest BCUT2D eigenvalue weighted by atomic mass is 10.0. The molecule has 5 rings (SSSR count). The predicted molar refractivity (Wildman–Crippen MR) is 137 cm³/mol. The van der Waals surface area contributed by atoms with E-state index < -0.39 is 0 Å². The molecule has 2 heterocycles. The third-order valence-electron chi connectivity index (χ3n) is 5.85. The lowest BCUT2D eigenvalue weighted by Gasteiger charge is -2.26. The predicted octanol–water partition coefficient (Wildman–Crippen LogP) is 5.60. The Balaban J connectivity index is 1.48. The average Bonchev–Trinajstić information content (AvgIpc) is 3.34. The molecule has 0 fully saturated rings. The first-order valence-electron chi connectivity index (χ1n) is 11.5. The van der Waals surface area contributed by atoms with Gasteiger partial charge in [-0.3, -0.25) is 4.79 Å². The maximum absolute atomic E-state index is 13.3. The van der Waals surface area contributed by atoms with Crippen LogP contribution in [0, 0.1) is 0 Å². The normalized spacial score (nSPS) is 14.3. The highest BCUT2D eigenvalue weighted by molar-refractivity contribution is 6.08. The first-order valence-corrected chi connectivity index (χ1v) is 11.5. The van der Waals surface area contributed by atoms with Crippen LogP contribution < -0.4 is 20.1 Å². The molecule has 7 nitrogen and oxygen atoms in total. The van der Waals surface area contributed by atoms with Gasteiger partial charge < -0.3 is 20.1 Å². The SMILES string of the molecule is CCOc1ccc(NC(=O)c2cnn3c2NC(c2ccc(OC)cc2)=C[C@H]3c2ccccc2)cc1. The maximum Gasteiger partial charge on any atom is 0.261 e. The van der Waals surface area contributed by atoms with Crippen molar-refractivity contribution in [1.82, 2.24) is 9.78 Å². The molecule has 0 spiro atoms. The highest BCUT2D eigenvalue weighted by Crippen LogP contribution is 2.35. The summed E-state index contributed by atoms with van der Waals surface area (Å²) in [5.74, 6) is 1.93. The Bertz CT molecular complexity index is 1340. The number of methoxy groups -OCH3 is 1. The summed E-state index contributed by atoms with van der Waals surface area (Å²) in [6, 6.07) is 25.1. The monoisotopic (exact) mass is 466 g/mol. The Hall–Kier alpha value is -4.52. The van der Waals surface area contributed by atoms with E-state index in [9.17, 15) is 4.79 Å². The van der Waals surface area contributed by atoms with Crippen molar-refractivity contribution in [2.24, 2.45) is 0 Å². The minimum absolute atomic E-state index is 0.170. The molecule has 0 radical (unpaired) electrons. The number of carbonyl (C=O) groups is 1. The van der Waals surface area contributed by atoms with E-state index in [-0.39, 0.29) is 11.9 Å². The molecule has 35 heavy (non-hydrogen) atoms. The zero-order valence-electron chi connectivity index (χ0n) is 19.6. The molecule has 0 bridgehead atoms. The van der Waals surface area contributed by atoms with E-state index in [0.717, 1.165) is 28.3 Å². The Morgan fingerprint density at radius 2 is 1.71 bits per heavy atom. The Morgan fingerprint density at radius 1 is 1.00 bits per heavy atom. The van der Waals surface area contributed by atoms with Crippen molar-refractivity contribution in [1.29, 1.82) is 0 Å². The first kappa shape index (κ1) is 22.3. The zero-order chi connectivity index (χ0) is 24.2. The molecule has 1 amide bonds. The van der Waals surface area contributed by atoms with Crippen molar-refractivity contribution in [3.63, 3.8) is 0 Å². The van der Waals surface area contributed by atoms with Crippen LogP contribution in [0.5, 0.6) is 11.5 Å². The minimum Gasteiger partial charge on any atom is -0.497 e. The van der Waals surface area contributed by atoms with E-state index in [1.807, 2.05) is 78.3 Å². The molecule has 0 saturated heterocycles. The summed E-state index contributed by atoms with van der Waals surface area (Å²) in [4.78, 5) is 13.3. The van der Waals surface area contributed by atoms with Crippen LogP contribution in [0.4, 0.5) is 11.5 Å². The summed E-state index contributed by atoms with van der Waals surface area (Å²) in [6.45, 7) is 2.52. The van der Waals surface area contributed by atoms with Crippen molar-refractivity contribution in [3.8, 4) is 11.5 Å². The third-order valence-corrected chi connectivity index (χ3v) is 5.85. The number of nitrogens with zero attached hydrogens (tertiary/aromatic N) is 2. The van der Waals surface area contributed by atoms with Crippen molar-refractivity contribution >= 4 is 23.1 Å². The summed E-state index contributed by atoms with van der Waals surface area (Å²) >= 11 is 0. The van der Waals surface area contributed by atoms with E-state index >= 15 is 0 Å². The topological polar surface area (TPSA) is 77.4 Å². The van der Waals surface area contributed by atoms with Gasteiger partial charge in [0.1, 0.15) is 22.9 Å². The van der Waals surface area contributed by atoms with Crippen molar-refractivity contribution in [2.45, 2.75) is 13.0 Å². The van der Waals surface area contributed by atoms with E-state index in [1.54, 1.807) is 13.3 Å². The van der Waals surface area contributed by atoms with Gasteiger partial charge in [-0.2, -0.15) is 5.10 Å². The Labute approximate surface area is 204 Å². The van der Waals surface area contributed by atoms with Crippen LogP contribution in [0.15, 0.2) is 91.1 Å². The number of benzene rings is 3. The van der Waals surface area contributed by atoms with Crippen LogP contribution >= 0.6 is 0 Å². The largest absolute Gasteiger partial charge is 0.497 e. The van der Waals surface area contributed by atoms with Gasteiger partial charge in [0, 0.05) is 11.4 Å². The second-order valence-electron chi connectivity index (χ2n) is 8.05. The molecule has 1 atom stereocenters. The molecule has 0 unspecified atom stereocenters. The summed E-state index contributed by atoms with van der Waals surface area (Å²) < 4.78 is 12.6. The number of carbonyl (C=O) groups excluding carboxylic acids is 1. The molecule has 176 valence electrons. The smallest absolute Gasteiger partial charge is 0.261 e. The van der Waals surface area contributed by atoms with Gasteiger partial charge in [-0.05, 0) is 72.7 Å². The summed E-state index contributed by atoms with van der Waals surface area (Å²) in [6.07, 6.45) is 3.72.